The zero-order valence-electron chi connectivity index (χ0n) is 32.9. The molecular weight excluding hydrogens is 589 g/mol. The second-order valence-corrected chi connectivity index (χ2v) is 15.8. The normalized spacial score (nSPS) is 14.5. The van der Waals surface area contributed by atoms with Crippen LogP contribution in [0.4, 0.5) is 0 Å². The van der Waals surface area contributed by atoms with Crippen molar-refractivity contribution < 1.29 is 23.0 Å². The lowest BCUT2D eigenvalue weighted by Crippen LogP contribution is -2.50. The van der Waals surface area contributed by atoms with E-state index in [9.17, 15) is 9.46 Å². The lowest BCUT2D eigenvalue weighted by atomic mass is 10.0. The molecule has 2 atom stereocenters. The molecule has 2 unspecified atom stereocenters. The minimum Gasteiger partial charge on any atom is -0.756 e. The van der Waals surface area contributed by atoms with Gasteiger partial charge in [0.25, 0.3) is 7.82 Å². The fourth-order valence-corrected chi connectivity index (χ4v) is 7.25. The number of quaternary nitrogens is 1. The molecule has 0 bridgehead atoms. The van der Waals surface area contributed by atoms with Crippen LogP contribution in [0, 0.1) is 11.8 Å². The molecule has 0 saturated carbocycles. The molecule has 0 aliphatic rings. The highest BCUT2D eigenvalue weighted by Crippen LogP contribution is 2.40. The number of hydrogen-bond donors (Lipinski definition) is 0. The molecule has 0 aromatic carbocycles. The van der Waals surface area contributed by atoms with Gasteiger partial charge in [-0.15, -0.1) is 0 Å². The van der Waals surface area contributed by atoms with Gasteiger partial charge in [0.05, 0.1) is 39.4 Å². The minimum atomic E-state index is -4.14. The number of phosphoric ester groups is 1. The third-order valence-corrected chi connectivity index (χ3v) is 10.9. The van der Waals surface area contributed by atoms with E-state index in [0.717, 1.165) is 51.4 Å². The van der Waals surface area contributed by atoms with Crippen molar-refractivity contribution in [3.63, 3.8) is 0 Å². The van der Waals surface area contributed by atoms with Crippen LogP contribution >= 0.6 is 7.82 Å². The Morgan fingerprint density at radius 1 is 0.457 bits per heavy atom. The summed E-state index contributed by atoms with van der Waals surface area (Å²) in [5, 5.41) is 0. The summed E-state index contributed by atoms with van der Waals surface area (Å²) in [6.07, 6.45) is 31.2. The molecule has 0 aromatic rings. The summed E-state index contributed by atoms with van der Waals surface area (Å²) in [4.78, 5) is 11.8. The zero-order valence-corrected chi connectivity index (χ0v) is 33.8. The fraction of sp³-hybridized carbons (Fsp3) is 1.00. The van der Waals surface area contributed by atoms with Crippen LogP contribution in [0.2, 0.25) is 0 Å². The molecule has 0 aliphatic carbocycles. The molecule has 0 rings (SSSR count). The first kappa shape index (κ1) is 48.2. The quantitative estimate of drug-likeness (QED) is 0.0387. The molecule has 0 amide bonds. The van der Waals surface area contributed by atoms with Gasteiger partial charge in [0.2, 0.25) is 0 Å². The predicted octanol–water partition coefficient (Wildman–Crippen LogP) is 13.0. The number of phosphoric acid groups is 1. The number of nitrogens with zero attached hydrogens (tertiary/aromatic N) is 1. The van der Waals surface area contributed by atoms with Gasteiger partial charge in [-0.3, -0.25) is 4.57 Å². The summed E-state index contributed by atoms with van der Waals surface area (Å²) in [5.41, 5.74) is 0. The van der Waals surface area contributed by atoms with E-state index in [1.54, 1.807) is 0 Å². The summed E-state index contributed by atoms with van der Waals surface area (Å²) in [6, 6.07) is 0. The Kier molecular flexibility index (Phi) is 36.6. The molecule has 0 saturated heterocycles. The topological polar surface area (TPSA) is 58.6 Å². The predicted molar refractivity (Wildman–Crippen MR) is 202 cm³/mol. The van der Waals surface area contributed by atoms with Crippen molar-refractivity contribution >= 4 is 7.82 Å². The molecular formula is C40H86NO4P. The average molecular weight is 676 g/mol. The van der Waals surface area contributed by atoms with E-state index in [2.05, 4.69) is 55.4 Å². The van der Waals surface area contributed by atoms with Crippen LogP contribution in [0.25, 0.3) is 0 Å². The Hall–Kier alpha value is 0.0700. The molecule has 0 aliphatic heterocycles. The average Bonchev–Trinajstić information content (AvgIpc) is 3.06. The molecule has 0 N–H and O–H groups in total. The number of unbranched alkanes of at least 4 members (excludes halogenated alkanes) is 14. The molecule has 6 heteroatoms. The van der Waals surface area contributed by atoms with Crippen molar-refractivity contribution in [3.05, 3.63) is 0 Å². The van der Waals surface area contributed by atoms with Gasteiger partial charge >= 0.3 is 0 Å². The molecule has 0 aromatic heterocycles. The Morgan fingerprint density at radius 2 is 0.739 bits per heavy atom. The van der Waals surface area contributed by atoms with E-state index in [1.165, 1.54) is 133 Å². The highest BCUT2D eigenvalue weighted by atomic mass is 31.2. The first-order valence-electron chi connectivity index (χ1n) is 20.7. The second kappa shape index (κ2) is 34.9. The van der Waals surface area contributed by atoms with Crippen molar-refractivity contribution in [3.8, 4) is 0 Å². The van der Waals surface area contributed by atoms with Crippen LogP contribution in [-0.4, -0.2) is 43.9 Å². The van der Waals surface area contributed by atoms with Gasteiger partial charge < -0.3 is 18.4 Å². The third-order valence-electron chi connectivity index (χ3n) is 9.97. The largest absolute Gasteiger partial charge is 0.756 e. The molecule has 0 radical (unpaired) electrons. The first-order chi connectivity index (χ1) is 22.2. The maximum Gasteiger partial charge on any atom is 0.267 e. The molecule has 5 nitrogen and oxygen atoms in total. The van der Waals surface area contributed by atoms with E-state index in [-0.39, 0.29) is 13.2 Å². The van der Waals surface area contributed by atoms with E-state index < -0.39 is 7.82 Å². The maximum atomic E-state index is 11.8. The summed E-state index contributed by atoms with van der Waals surface area (Å²) in [6.45, 7) is 24.1. The number of hydrogen-bond acceptors (Lipinski definition) is 4. The van der Waals surface area contributed by atoms with Gasteiger partial charge in [-0.2, -0.15) is 0 Å². The van der Waals surface area contributed by atoms with Crippen LogP contribution in [0.3, 0.4) is 0 Å². The highest BCUT2D eigenvalue weighted by Gasteiger charge is 2.25. The molecule has 0 fully saturated rings. The Labute approximate surface area is 291 Å². The van der Waals surface area contributed by atoms with Crippen molar-refractivity contribution in [2.45, 2.75) is 209 Å². The molecule has 280 valence electrons. The molecule has 0 spiro atoms. The first-order valence-corrected chi connectivity index (χ1v) is 22.1. The Bertz CT molecular complexity index is 569. The van der Waals surface area contributed by atoms with Gasteiger partial charge in [0, 0.05) is 0 Å². The van der Waals surface area contributed by atoms with Gasteiger partial charge in [-0.05, 0) is 76.0 Å². The van der Waals surface area contributed by atoms with Crippen LogP contribution < -0.4 is 4.89 Å². The Morgan fingerprint density at radius 3 is 0.978 bits per heavy atom. The van der Waals surface area contributed by atoms with Crippen molar-refractivity contribution in [2.75, 3.05) is 39.4 Å². The second-order valence-electron chi connectivity index (χ2n) is 14.4. The zero-order chi connectivity index (χ0) is 34.8. The van der Waals surface area contributed by atoms with Gasteiger partial charge in [0.1, 0.15) is 0 Å². The van der Waals surface area contributed by atoms with Crippen molar-refractivity contribution in [2.24, 2.45) is 11.8 Å². The fourth-order valence-electron chi connectivity index (χ4n) is 6.39. The van der Waals surface area contributed by atoms with Crippen molar-refractivity contribution in [1.82, 2.24) is 0 Å². The standard InChI is InChI=1S/C24H52N.C16H35O4P/c1-5-9-13-17-21-25(22-18-14-10-6-2,23-19-15-11-7-3)24-20-16-12-8-4;1-5-9-11-15(7-3)13-19-21(17,18)20-14-16(8-4)12-10-6-2/h5-24H2,1-4H3;15-16H,5-14H2,1-4H3,(H,17,18)/q+1;/p-1. The SMILES string of the molecule is CCCCC(CC)COP(=O)([O-])OCC(CC)CCCC.CCCCCC[N+](CCCCCC)(CCCCCC)CCCCCC. The molecule has 0 heterocycles. The van der Waals surface area contributed by atoms with Gasteiger partial charge in [0.15, 0.2) is 0 Å². The summed E-state index contributed by atoms with van der Waals surface area (Å²) < 4.78 is 23.4. The highest BCUT2D eigenvalue weighted by molar-refractivity contribution is 7.45. The van der Waals surface area contributed by atoms with Crippen LogP contribution in [0.15, 0.2) is 0 Å². The van der Waals surface area contributed by atoms with E-state index in [1.807, 2.05) is 0 Å². The Balaban J connectivity index is 0. The van der Waals surface area contributed by atoms with E-state index in [4.69, 9.17) is 9.05 Å². The lowest BCUT2D eigenvalue weighted by Gasteiger charge is -2.39. The third kappa shape index (κ3) is 30.2. The lowest BCUT2D eigenvalue weighted by molar-refractivity contribution is -0.929. The summed E-state index contributed by atoms with van der Waals surface area (Å²) >= 11 is 0. The van der Waals surface area contributed by atoms with Gasteiger partial charge in [-0.1, -0.05) is 145 Å². The van der Waals surface area contributed by atoms with E-state index in [0.29, 0.717) is 11.8 Å². The maximum absolute atomic E-state index is 11.8. The summed E-state index contributed by atoms with van der Waals surface area (Å²) in [7, 11) is -4.14. The minimum absolute atomic E-state index is 0.253. The van der Waals surface area contributed by atoms with Crippen LogP contribution in [0.1, 0.15) is 209 Å². The monoisotopic (exact) mass is 676 g/mol. The molecule has 46 heavy (non-hydrogen) atoms. The summed E-state index contributed by atoms with van der Waals surface area (Å²) in [5.74, 6) is 0.607. The smallest absolute Gasteiger partial charge is 0.267 e. The van der Waals surface area contributed by atoms with Gasteiger partial charge in [-0.25, -0.2) is 0 Å². The van der Waals surface area contributed by atoms with Crippen molar-refractivity contribution in [1.29, 1.82) is 0 Å². The van der Waals surface area contributed by atoms with Crippen LogP contribution in [-0.2, 0) is 13.6 Å². The van der Waals surface area contributed by atoms with Crippen LogP contribution in [0.5, 0.6) is 0 Å². The number of rotatable bonds is 34. The van der Waals surface area contributed by atoms with E-state index >= 15 is 0 Å².